The Morgan fingerprint density at radius 1 is 1.10 bits per heavy atom. The molecule has 1 aliphatic carbocycles. The fourth-order valence-electron chi connectivity index (χ4n) is 4.21. The van der Waals surface area contributed by atoms with E-state index in [1.807, 2.05) is 47.0 Å². The molecule has 1 aromatic carbocycles. The lowest BCUT2D eigenvalue weighted by Gasteiger charge is -2.45. The van der Waals surface area contributed by atoms with Crippen molar-refractivity contribution in [2.24, 2.45) is 21.5 Å². The predicted molar refractivity (Wildman–Crippen MR) is 115 cm³/mol. The van der Waals surface area contributed by atoms with Crippen LogP contribution < -0.4 is 21.1 Å². The van der Waals surface area contributed by atoms with Crippen molar-refractivity contribution in [3.8, 4) is 5.75 Å². The Morgan fingerprint density at radius 2 is 1.83 bits per heavy atom. The zero-order valence-electron chi connectivity index (χ0n) is 17.1. The van der Waals surface area contributed by atoms with Crippen molar-refractivity contribution in [2.75, 3.05) is 4.90 Å². The summed E-state index contributed by atoms with van der Waals surface area (Å²) in [6, 6.07) is 7.93. The first-order valence-corrected chi connectivity index (χ1v) is 10.3. The van der Waals surface area contributed by atoms with E-state index in [0.717, 1.165) is 54.9 Å². The third-order valence-electron chi connectivity index (χ3n) is 5.71. The van der Waals surface area contributed by atoms with Crippen molar-refractivity contribution >= 4 is 17.6 Å². The molecule has 0 radical (unpaired) electrons. The number of rotatable bonds is 5. The first-order chi connectivity index (χ1) is 14.0. The number of hydrogen-bond donors (Lipinski definition) is 2. The molecule has 1 aliphatic heterocycles. The van der Waals surface area contributed by atoms with Crippen molar-refractivity contribution in [1.29, 1.82) is 0 Å². The molecule has 2 aromatic rings. The number of ether oxygens (including phenoxy) is 1. The van der Waals surface area contributed by atoms with Crippen LogP contribution in [0.5, 0.6) is 5.75 Å². The molecule has 2 aliphatic rings. The summed E-state index contributed by atoms with van der Waals surface area (Å²) in [5, 5.41) is 4.46. The summed E-state index contributed by atoms with van der Waals surface area (Å²) in [7, 11) is 0. The van der Waals surface area contributed by atoms with Gasteiger partial charge in [-0.25, -0.2) is 4.99 Å². The number of nitrogens with zero attached hydrogens (tertiary/aromatic N) is 5. The summed E-state index contributed by atoms with van der Waals surface area (Å²) in [6.45, 7) is 5.41. The van der Waals surface area contributed by atoms with Gasteiger partial charge in [0.05, 0.1) is 5.69 Å². The number of aryl methyl sites for hydroxylation is 2. The molecule has 154 valence electrons. The maximum Gasteiger partial charge on any atom is 0.220 e. The Morgan fingerprint density at radius 3 is 2.48 bits per heavy atom. The van der Waals surface area contributed by atoms with Gasteiger partial charge in [0.2, 0.25) is 11.9 Å². The van der Waals surface area contributed by atoms with Gasteiger partial charge in [-0.1, -0.05) is 6.42 Å². The first-order valence-electron chi connectivity index (χ1n) is 10.3. The van der Waals surface area contributed by atoms with Crippen LogP contribution in [0, 0.1) is 6.92 Å². The standard InChI is InChI=1S/C21H29N7O/c1-3-27-13-16(15(2)26-27)14-29-18-9-7-17(8-10-18)28-20(23)24-19(22)25-21(28)11-5-4-6-12-21/h7-10,13H,3-6,11-12,14H2,1-2H3,(H4,22,23,24,25). The highest BCUT2D eigenvalue weighted by Crippen LogP contribution is 2.39. The number of benzene rings is 1. The molecule has 0 unspecified atom stereocenters. The lowest BCUT2D eigenvalue weighted by molar-refractivity contribution is 0.302. The average Bonchev–Trinajstić information content (AvgIpc) is 3.07. The third kappa shape index (κ3) is 3.79. The van der Waals surface area contributed by atoms with E-state index in [1.165, 1.54) is 6.42 Å². The smallest absolute Gasteiger partial charge is 0.220 e. The van der Waals surface area contributed by atoms with Gasteiger partial charge < -0.3 is 16.2 Å². The average molecular weight is 396 g/mol. The molecular formula is C21H29N7O. The lowest BCUT2D eigenvalue weighted by Crippen LogP contribution is -2.58. The van der Waals surface area contributed by atoms with Crippen LogP contribution in [0.1, 0.15) is 50.3 Å². The van der Waals surface area contributed by atoms with E-state index in [0.29, 0.717) is 12.6 Å². The molecule has 1 spiro atoms. The van der Waals surface area contributed by atoms with Gasteiger partial charge in [0, 0.05) is 24.0 Å². The maximum atomic E-state index is 6.29. The Labute approximate surface area is 171 Å². The molecule has 1 aromatic heterocycles. The molecular weight excluding hydrogens is 366 g/mol. The summed E-state index contributed by atoms with van der Waals surface area (Å²) >= 11 is 0. The summed E-state index contributed by atoms with van der Waals surface area (Å²) in [5.74, 6) is 1.46. The Bertz CT molecular complexity index is 923. The quantitative estimate of drug-likeness (QED) is 0.809. The van der Waals surface area contributed by atoms with Crippen LogP contribution in [0.25, 0.3) is 0 Å². The summed E-state index contributed by atoms with van der Waals surface area (Å²) in [5.41, 5.74) is 14.8. The van der Waals surface area contributed by atoms with E-state index in [-0.39, 0.29) is 5.96 Å². The molecule has 0 saturated heterocycles. The number of aliphatic imine (C=N–C) groups is 2. The van der Waals surface area contributed by atoms with Crippen LogP contribution in [-0.4, -0.2) is 27.4 Å². The third-order valence-corrected chi connectivity index (χ3v) is 5.71. The summed E-state index contributed by atoms with van der Waals surface area (Å²) < 4.78 is 7.90. The summed E-state index contributed by atoms with van der Waals surface area (Å²) in [4.78, 5) is 11.0. The van der Waals surface area contributed by atoms with Crippen molar-refractivity contribution in [3.05, 3.63) is 41.7 Å². The fourth-order valence-corrected chi connectivity index (χ4v) is 4.21. The number of nitrogens with two attached hydrogens (primary N) is 2. The van der Waals surface area contributed by atoms with E-state index in [1.54, 1.807) is 0 Å². The normalized spacial score (nSPS) is 18.5. The van der Waals surface area contributed by atoms with Crippen molar-refractivity contribution in [1.82, 2.24) is 9.78 Å². The second-order valence-electron chi connectivity index (χ2n) is 7.70. The van der Waals surface area contributed by atoms with E-state index in [4.69, 9.17) is 21.2 Å². The molecule has 0 bridgehead atoms. The minimum atomic E-state index is -0.428. The van der Waals surface area contributed by atoms with E-state index >= 15 is 0 Å². The molecule has 29 heavy (non-hydrogen) atoms. The van der Waals surface area contributed by atoms with E-state index in [9.17, 15) is 0 Å². The van der Waals surface area contributed by atoms with Crippen LogP contribution in [0.4, 0.5) is 5.69 Å². The molecule has 4 N–H and O–H groups in total. The predicted octanol–water partition coefficient (Wildman–Crippen LogP) is 2.90. The second-order valence-corrected chi connectivity index (χ2v) is 7.70. The van der Waals surface area contributed by atoms with Crippen LogP contribution in [0.2, 0.25) is 0 Å². The van der Waals surface area contributed by atoms with Gasteiger partial charge in [-0.3, -0.25) is 9.58 Å². The second kappa shape index (κ2) is 7.77. The first kappa shape index (κ1) is 19.3. The van der Waals surface area contributed by atoms with Gasteiger partial charge in [0.25, 0.3) is 0 Å². The van der Waals surface area contributed by atoms with Gasteiger partial charge in [-0.2, -0.15) is 10.1 Å². The van der Waals surface area contributed by atoms with Crippen molar-refractivity contribution in [3.63, 3.8) is 0 Å². The molecule has 1 saturated carbocycles. The monoisotopic (exact) mass is 395 g/mol. The molecule has 8 nitrogen and oxygen atoms in total. The SMILES string of the molecule is CCn1cc(COc2ccc(N3C(N)=NC(N)=NC34CCCCC4)cc2)c(C)n1. The highest BCUT2D eigenvalue weighted by Gasteiger charge is 2.42. The minimum absolute atomic E-state index is 0.267. The van der Waals surface area contributed by atoms with Crippen LogP contribution in [0.15, 0.2) is 40.4 Å². The van der Waals surface area contributed by atoms with E-state index < -0.39 is 5.66 Å². The molecule has 0 atom stereocenters. The molecule has 4 rings (SSSR count). The van der Waals surface area contributed by atoms with Gasteiger partial charge in [-0.15, -0.1) is 0 Å². The zero-order chi connectivity index (χ0) is 20.4. The highest BCUT2D eigenvalue weighted by atomic mass is 16.5. The Balaban J connectivity index is 1.52. The lowest BCUT2D eigenvalue weighted by atomic mass is 9.87. The molecule has 8 heteroatoms. The topological polar surface area (TPSA) is 107 Å². The molecule has 2 heterocycles. The zero-order valence-corrected chi connectivity index (χ0v) is 17.1. The van der Waals surface area contributed by atoms with Crippen LogP contribution in [-0.2, 0) is 13.2 Å². The van der Waals surface area contributed by atoms with Gasteiger partial charge in [0.15, 0.2) is 0 Å². The van der Waals surface area contributed by atoms with E-state index in [2.05, 4.69) is 17.0 Å². The van der Waals surface area contributed by atoms with Gasteiger partial charge in [0.1, 0.15) is 18.0 Å². The number of guanidine groups is 2. The number of anilines is 1. The van der Waals surface area contributed by atoms with Crippen molar-refractivity contribution < 1.29 is 4.74 Å². The Hall–Kier alpha value is -3.03. The van der Waals surface area contributed by atoms with Crippen molar-refractivity contribution in [2.45, 2.75) is 64.8 Å². The number of aromatic nitrogens is 2. The maximum absolute atomic E-state index is 6.29. The van der Waals surface area contributed by atoms with Crippen LogP contribution in [0.3, 0.4) is 0 Å². The molecule has 0 amide bonds. The number of hydrogen-bond acceptors (Lipinski definition) is 7. The molecule has 1 fully saturated rings. The largest absolute Gasteiger partial charge is 0.489 e. The Kier molecular flexibility index (Phi) is 5.17. The van der Waals surface area contributed by atoms with Gasteiger partial charge in [-0.05, 0) is 63.8 Å². The fraction of sp³-hybridized carbons (Fsp3) is 0.476. The van der Waals surface area contributed by atoms with Gasteiger partial charge >= 0.3 is 0 Å². The highest BCUT2D eigenvalue weighted by molar-refractivity contribution is 6.05. The van der Waals surface area contributed by atoms with Crippen LogP contribution >= 0.6 is 0 Å². The summed E-state index contributed by atoms with van der Waals surface area (Å²) in [6.07, 6.45) is 7.29. The minimum Gasteiger partial charge on any atom is -0.489 e.